The van der Waals surface area contributed by atoms with Gasteiger partial charge in [-0.25, -0.2) is 0 Å². The first-order valence-corrected chi connectivity index (χ1v) is 4.14. The summed E-state index contributed by atoms with van der Waals surface area (Å²) in [7, 11) is 1.51. The Morgan fingerprint density at radius 2 is 2.33 bits per heavy atom. The molecule has 0 radical (unpaired) electrons. The molecule has 4 nitrogen and oxygen atoms in total. The third-order valence-electron chi connectivity index (χ3n) is 1.75. The number of carbonyl (C=O) groups is 1. The third kappa shape index (κ3) is 2.85. The molecule has 0 saturated heterocycles. The molecule has 0 N–H and O–H groups in total. The average molecular weight is 202 g/mol. The second-order valence-electron chi connectivity index (χ2n) is 2.73. The van der Waals surface area contributed by atoms with Crippen LogP contribution in [0.15, 0.2) is 29.8 Å². The summed E-state index contributed by atoms with van der Waals surface area (Å²) < 4.78 is 4.96. The second-order valence-corrected chi connectivity index (χ2v) is 2.73. The highest BCUT2D eigenvalue weighted by molar-refractivity contribution is 5.95. The van der Waals surface area contributed by atoms with Crippen molar-refractivity contribution in [3.05, 3.63) is 35.4 Å². The van der Waals surface area contributed by atoms with Gasteiger partial charge in [0, 0.05) is 0 Å². The Balaban J connectivity index is 3.07. The summed E-state index contributed by atoms with van der Waals surface area (Å²) in [5, 5.41) is 19.0. The predicted octanol–water partition coefficient (Wildman–Crippen LogP) is 0.352. The van der Waals surface area contributed by atoms with Gasteiger partial charge in [-0.05, 0) is 23.8 Å². The normalized spacial score (nSPS) is 10.5. The van der Waals surface area contributed by atoms with Gasteiger partial charge in [-0.2, -0.15) is 5.26 Å². The maximum Gasteiger partial charge on any atom is 0.119 e. The Kier molecular flexibility index (Phi) is 3.47. The van der Waals surface area contributed by atoms with Crippen molar-refractivity contribution in [1.29, 1.82) is 5.26 Å². The molecule has 76 valence electrons. The standard InChI is InChI=1S/C11H9NO3/c1-15-10-4-2-3-8(6-10)5-9(7-12)11(13)14/h2-6H,1H3,(H,13,14)/p-1/b9-5-. The lowest BCUT2D eigenvalue weighted by atomic mass is 10.1. The van der Waals surface area contributed by atoms with E-state index in [0.29, 0.717) is 11.3 Å². The van der Waals surface area contributed by atoms with Crippen LogP contribution < -0.4 is 9.84 Å². The molecule has 1 rings (SSSR count). The van der Waals surface area contributed by atoms with E-state index < -0.39 is 11.5 Å². The molecular formula is C11H8NO3-. The fraction of sp³-hybridized carbons (Fsp3) is 0.0909. The molecule has 4 heteroatoms. The van der Waals surface area contributed by atoms with E-state index >= 15 is 0 Å². The maximum absolute atomic E-state index is 10.5. The number of carbonyl (C=O) groups excluding carboxylic acids is 1. The van der Waals surface area contributed by atoms with Crippen LogP contribution in [0.5, 0.6) is 5.75 Å². The van der Waals surface area contributed by atoms with Crippen molar-refractivity contribution in [2.24, 2.45) is 0 Å². The van der Waals surface area contributed by atoms with Crippen LogP contribution in [0.1, 0.15) is 5.56 Å². The minimum absolute atomic E-state index is 0.414. The molecule has 0 aromatic heterocycles. The molecule has 0 aliphatic heterocycles. The van der Waals surface area contributed by atoms with Crippen LogP contribution in [-0.4, -0.2) is 13.1 Å². The summed E-state index contributed by atoms with van der Waals surface area (Å²) in [6.45, 7) is 0. The van der Waals surface area contributed by atoms with E-state index in [1.807, 2.05) is 0 Å². The molecule has 1 aromatic carbocycles. The SMILES string of the molecule is COc1cccc(/C=C(/C#N)C(=O)[O-])c1. The van der Waals surface area contributed by atoms with E-state index in [1.54, 1.807) is 30.3 Å². The molecule has 0 heterocycles. The smallest absolute Gasteiger partial charge is 0.119 e. The van der Waals surface area contributed by atoms with Crippen LogP contribution in [0.4, 0.5) is 0 Å². The molecular weight excluding hydrogens is 194 g/mol. The van der Waals surface area contributed by atoms with Gasteiger partial charge in [0.15, 0.2) is 0 Å². The zero-order valence-electron chi connectivity index (χ0n) is 8.06. The molecule has 0 aliphatic carbocycles. The zero-order valence-corrected chi connectivity index (χ0v) is 8.06. The van der Waals surface area contributed by atoms with E-state index in [2.05, 4.69) is 0 Å². The first kappa shape index (κ1) is 10.8. The number of methoxy groups -OCH3 is 1. The van der Waals surface area contributed by atoms with Gasteiger partial charge >= 0.3 is 0 Å². The van der Waals surface area contributed by atoms with Crippen molar-refractivity contribution in [1.82, 2.24) is 0 Å². The number of aliphatic carboxylic acids is 1. The van der Waals surface area contributed by atoms with Gasteiger partial charge in [0.05, 0.1) is 18.7 Å². The lowest BCUT2D eigenvalue weighted by Gasteiger charge is -2.02. The van der Waals surface area contributed by atoms with Gasteiger partial charge in [0.2, 0.25) is 0 Å². The summed E-state index contributed by atoms with van der Waals surface area (Å²) >= 11 is 0. The molecule has 0 spiro atoms. The number of benzene rings is 1. The molecule has 0 bridgehead atoms. The Morgan fingerprint density at radius 1 is 1.60 bits per heavy atom. The number of carboxylic acid groups (broad SMARTS) is 1. The van der Waals surface area contributed by atoms with Gasteiger partial charge in [0.1, 0.15) is 11.8 Å². The lowest BCUT2D eigenvalue weighted by molar-refractivity contribution is -0.298. The number of hydrogen-bond acceptors (Lipinski definition) is 4. The second kappa shape index (κ2) is 4.82. The summed E-state index contributed by atoms with van der Waals surface area (Å²) in [6, 6.07) is 8.27. The topological polar surface area (TPSA) is 73.1 Å². The first-order chi connectivity index (χ1) is 7.17. The van der Waals surface area contributed by atoms with Crippen molar-refractivity contribution in [3.8, 4) is 11.8 Å². The van der Waals surface area contributed by atoms with Crippen molar-refractivity contribution in [2.45, 2.75) is 0 Å². The predicted molar refractivity (Wildman–Crippen MR) is 51.6 cm³/mol. The van der Waals surface area contributed by atoms with E-state index in [-0.39, 0.29) is 0 Å². The number of rotatable bonds is 3. The summed E-state index contributed by atoms with van der Waals surface area (Å²) in [5.41, 5.74) is 0.165. The molecule has 0 atom stereocenters. The van der Waals surface area contributed by atoms with Crippen LogP contribution in [-0.2, 0) is 4.79 Å². The number of hydrogen-bond donors (Lipinski definition) is 0. The minimum atomic E-state index is -1.49. The monoisotopic (exact) mass is 202 g/mol. The summed E-state index contributed by atoms with van der Waals surface area (Å²) in [5.74, 6) is -0.889. The van der Waals surface area contributed by atoms with Crippen molar-refractivity contribution >= 4 is 12.0 Å². The van der Waals surface area contributed by atoms with E-state index in [0.717, 1.165) is 0 Å². The van der Waals surface area contributed by atoms with E-state index in [4.69, 9.17) is 10.00 Å². The Hall–Kier alpha value is -2.28. The molecule has 0 aliphatic rings. The Labute approximate surface area is 87.0 Å². The van der Waals surface area contributed by atoms with Gasteiger partial charge < -0.3 is 14.6 Å². The van der Waals surface area contributed by atoms with Crippen LogP contribution in [0.2, 0.25) is 0 Å². The van der Waals surface area contributed by atoms with E-state index in [1.165, 1.54) is 13.2 Å². The molecule has 0 saturated carbocycles. The fourth-order valence-electron chi connectivity index (χ4n) is 1.03. The number of nitriles is 1. The van der Waals surface area contributed by atoms with Crippen LogP contribution in [0.3, 0.4) is 0 Å². The Morgan fingerprint density at radius 3 is 2.87 bits per heavy atom. The third-order valence-corrected chi connectivity index (χ3v) is 1.75. The fourth-order valence-corrected chi connectivity index (χ4v) is 1.03. The maximum atomic E-state index is 10.5. The van der Waals surface area contributed by atoms with Crippen molar-refractivity contribution < 1.29 is 14.6 Å². The highest BCUT2D eigenvalue weighted by Gasteiger charge is 1.98. The molecule has 0 unspecified atom stereocenters. The van der Waals surface area contributed by atoms with Gasteiger partial charge in [-0.15, -0.1) is 0 Å². The molecule has 0 fully saturated rings. The van der Waals surface area contributed by atoms with Crippen LogP contribution in [0, 0.1) is 11.3 Å². The van der Waals surface area contributed by atoms with E-state index in [9.17, 15) is 9.90 Å². The molecule has 1 aromatic rings. The van der Waals surface area contributed by atoms with Gasteiger partial charge in [-0.1, -0.05) is 12.1 Å². The van der Waals surface area contributed by atoms with Crippen molar-refractivity contribution in [2.75, 3.05) is 7.11 Å². The number of nitrogens with zero attached hydrogens (tertiary/aromatic N) is 1. The largest absolute Gasteiger partial charge is 0.544 e. The average Bonchev–Trinajstić information content (AvgIpc) is 2.25. The summed E-state index contributed by atoms with van der Waals surface area (Å²) in [6.07, 6.45) is 1.23. The minimum Gasteiger partial charge on any atom is -0.544 e. The first-order valence-electron chi connectivity index (χ1n) is 4.14. The van der Waals surface area contributed by atoms with Crippen LogP contribution in [0.25, 0.3) is 6.08 Å². The van der Waals surface area contributed by atoms with Gasteiger partial charge in [-0.3, -0.25) is 0 Å². The Bertz CT molecular complexity index is 443. The highest BCUT2D eigenvalue weighted by atomic mass is 16.5. The molecule has 0 amide bonds. The summed E-state index contributed by atoms with van der Waals surface area (Å²) in [4.78, 5) is 10.5. The van der Waals surface area contributed by atoms with Crippen LogP contribution >= 0.6 is 0 Å². The lowest BCUT2D eigenvalue weighted by Crippen LogP contribution is -2.23. The zero-order chi connectivity index (χ0) is 11.3. The quantitative estimate of drug-likeness (QED) is 0.523. The number of carboxylic acids is 1. The van der Waals surface area contributed by atoms with Crippen molar-refractivity contribution in [3.63, 3.8) is 0 Å². The van der Waals surface area contributed by atoms with Gasteiger partial charge in [0.25, 0.3) is 0 Å². The highest BCUT2D eigenvalue weighted by Crippen LogP contribution is 2.14. The number of ether oxygens (including phenoxy) is 1. The molecule has 15 heavy (non-hydrogen) atoms.